The Morgan fingerprint density at radius 2 is 2.00 bits per heavy atom. The number of benzene rings is 2. The second-order valence-corrected chi connectivity index (χ2v) is 6.62. The van der Waals surface area contributed by atoms with Crippen LogP contribution in [0.25, 0.3) is 0 Å². The van der Waals surface area contributed by atoms with Gasteiger partial charge in [-0.05, 0) is 67.6 Å². The minimum Gasteiger partial charge on any atom is -0.366 e. The Kier molecular flexibility index (Phi) is 5.31. The lowest BCUT2D eigenvalue weighted by Gasteiger charge is -2.31. The van der Waals surface area contributed by atoms with Crippen molar-refractivity contribution in [1.29, 1.82) is 0 Å². The van der Waals surface area contributed by atoms with Gasteiger partial charge < -0.3 is 5.73 Å². The Morgan fingerprint density at radius 1 is 1.21 bits per heavy atom. The molecule has 0 aromatic heterocycles. The van der Waals surface area contributed by atoms with Gasteiger partial charge in [0.05, 0.1) is 0 Å². The maximum absolute atomic E-state index is 11.7. The van der Waals surface area contributed by atoms with Gasteiger partial charge in [0, 0.05) is 11.6 Å². The van der Waals surface area contributed by atoms with Gasteiger partial charge in [-0.2, -0.15) is 0 Å². The Morgan fingerprint density at radius 3 is 2.71 bits per heavy atom. The zero-order valence-electron chi connectivity index (χ0n) is 14.4. The fourth-order valence-electron chi connectivity index (χ4n) is 3.74. The number of carbonyl (C=O) groups is 1. The predicted molar refractivity (Wildman–Crippen MR) is 98.0 cm³/mol. The van der Waals surface area contributed by atoms with Crippen LogP contribution in [-0.4, -0.2) is 23.9 Å². The van der Waals surface area contributed by atoms with Gasteiger partial charge in [0.1, 0.15) is 0 Å². The summed E-state index contributed by atoms with van der Waals surface area (Å²) < 4.78 is 0. The lowest BCUT2D eigenvalue weighted by molar-refractivity contribution is 0.1000. The summed E-state index contributed by atoms with van der Waals surface area (Å²) >= 11 is 0. The molecule has 2 aromatic carbocycles. The van der Waals surface area contributed by atoms with Crippen LogP contribution in [0.2, 0.25) is 0 Å². The third-order valence-electron chi connectivity index (χ3n) is 4.90. The Hall–Kier alpha value is -2.13. The van der Waals surface area contributed by atoms with E-state index >= 15 is 0 Å². The summed E-state index contributed by atoms with van der Waals surface area (Å²) in [7, 11) is 0. The van der Waals surface area contributed by atoms with Crippen LogP contribution in [0.1, 0.15) is 52.9 Å². The van der Waals surface area contributed by atoms with Gasteiger partial charge in [0.2, 0.25) is 5.91 Å². The van der Waals surface area contributed by atoms with Crippen LogP contribution >= 0.6 is 0 Å². The first-order chi connectivity index (χ1) is 11.7. The molecule has 1 atom stereocenters. The Bertz CT molecular complexity index is 696. The molecule has 1 amide bonds. The molecule has 0 aliphatic carbocycles. The van der Waals surface area contributed by atoms with Gasteiger partial charge in [-0.3, -0.25) is 9.69 Å². The van der Waals surface area contributed by atoms with E-state index in [9.17, 15) is 4.79 Å². The van der Waals surface area contributed by atoms with Gasteiger partial charge in [0.15, 0.2) is 0 Å². The lowest BCUT2D eigenvalue weighted by Crippen LogP contribution is -2.31. The molecule has 1 unspecified atom stereocenters. The van der Waals surface area contributed by atoms with Crippen molar-refractivity contribution in [3.63, 3.8) is 0 Å². The number of hydrogen-bond acceptors (Lipinski definition) is 2. The van der Waals surface area contributed by atoms with E-state index in [1.807, 2.05) is 12.1 Å². The molecular weight excluding hydrogens is 296 g/mol. The molecule has 2 N–H and O–H groups in total. The molecule has 126 valence electrons. The molecule has 0 saturated heterocycles. The van der Waals surface area contributed by atoms with Crippen LogP contribution in [0.4, 0.5) is 0 Å². The van der Waals surface area contributed by atoms with Crippen molar-refractivity contribution >= 4 is 5.91 Å². The number of fused-ring (bicyclic) bond motifs is 1. The molecule has 0 bridgehead atoms. The second kappa shape index (κ2) is 7.63. The maximum Gasteiger partial charge on any atom is 0.248 e. The van der Waals surface area contributed by atoms with Crippen LogP contribution in [0, 0.1) is 0 Å². The minimum absolute atomic E-state index is 0.309. The highest BCUT2D eigenvalue weighted by atomic mass is 16.1. The SMILES string of the molecule is CCCN1CCCc2ccc(C(N)=O)cc2C1Cc1ccccc1. The first-order valence-corrected chi connectivity index (χ1v) is 8.89. The first kappa shape index (κ1) is 16.7. The van der Waals surface area contributed by atoms with Gasteiger partial charge in [-0.25, -0.2) is 0 Å². The molecule has 1 aliphatic rings. The molecule has 0 radical (unpaired) electrons. The van der Waals surface area contributed by atoms with Crippen molar-refractivity contribution < 1.29 is 4.79 Å². The number of hydrogen-bond donors (Lipinski definition) is 1. The zero-order valence-corrected chi connectivity index (χ0v) is 14.4. The number of rotatable bonds is 5. The molecule has 3 nitrogen and oxygen atoms in total. The molecule has 24 heavy (non-hydrogen) atoms. The topological polar surface area (TPSA) is 46.3 Å². The monoisotopic (exact) mass is 322 g/mol. The third-order valence-corrected chi connectivity index (χ3v) is 4.90. The summed E-state index contributed by atoms with van der Waals surface area (Å²) in [6.45, 7) is 4.41. The van der Waals surface area contributed by atoms with E-state index in [0.717, 1.165) is 38.8 Å². The van der Waals surface area contributed by atoms with Gasteiger partial charge in [-0.1, -0.05) is 43.3 Å². The standard InChI is InChI=1S/C21H26N2O/c1-2-12-23-13-6-9-17-10-11-18(21(22)24)15-19(17)20(23)14-16-7-4-3-5-8-16/h3-5,7-8,10-11,15,20H,2,6,9,12-14H2,1H3,(H2,22,24). The van der Waals surface area contributed by atoms with E-state index < -0.39 is 0 Å². The van der Waals surface area contributed by atoms with Crippen molar-refractivity contribution in [3.05, 3.63) is 70.8 Å². The summed E-state index contributed by atoms with van der Waals surface area (Å²) in [4.78, 5) is 14.2. The highest BCUT2D eigenvalue weighted by Gasteiger charge is 2.26. The van der Waals surface area contributed by atoms with Crippen LogP contribution < -0.4 is 5.73 Å². The highest BCUT2D eigenvalue weighted by Crippen LogP contribution is 2.32. The van der Waals surface area contributed by atoms with Crippen LogP contribution in [0.5, 0.6) is 0 Å². The van der Waals surface area contributed by atoms with E-state index in [0.29, 0.717) is 11.6 Å². The number of aryl methyl sites for hydroxylation is 1. The van der Waals surface area contributed by atoms with Crippen molar-refractivity contribution in [2.45, 2.75) is 38.6 Å². The molecular formula is C21H26N2O. The summed E-state index contributed by atoms with van der Waals surface area (Å²) in [5, 5.41) is 0. The van der Waals surface area contributed by atoms with Gasteiger partial charge in [-0.15, -0.1) is 0 Å². The van der Waals surface area contributed by atoms with Crippen molar-refractivity contribution in [2.24, 2.45) is 5.73 Å². The third kappa shape index (κ3) is 3.68. The largest absolute Gasteiger partial charge is 0.366 e. The number of amides is 1. The molecule has 2 aromatic rings. The average molecular weight is 322 g/mol. The second-order valence-electron chi connectivity index (χ2n) is 6.62. The predicted octanol–water partition coefficient (Wildman–Crippen LogP) is 3.73. The maximum atomic E-state index is 11.7. The average Bonchev–Trinajstić information content (AvgIpc) is 2.76. The molecule has 3 rings (SSSR count). The normalized spacial score (nSPS) is 18.0. The molecule has 0 fully saturated rings. The van der Waals surface area contributed by atoms with Crippen molar-refractivity contribution in [2.75, 3.05) is 13.1 Å². The zero-order chi connectivity index (χ0) is 16.9. The quantitative estimate of drug-likeness (QED) is 0.912. The number of nitrogens with zero attached hydrogens (tertiary/aromatic N) is 1. The van der Waals surface area contributed by atoms with E-state index in [2.05, 4.69) is 48.2 Å². The molecule has 3 heteroatoms. The van der Waals surface area contributed by atoms with Crippen LogP contribution in [-0.2, 0) is 12.8 Å². The Balaban J connectivity index is 2.02. The van der Waals surface area contributed by atoms with E-state index in [1.54, 1.807) is 0 Å². The van der Waals surface area contributed by atoms with Gasteiger partial charge >= 0.3 is 0 Å². The first-order valence-electron chi connectivity index (χ1n) is 8.89. The van der Waals surface area contributed by atoms with Crippen LogP contribution in [0.3, 0.4) is 0 Å². The lowest BCUT2D eigenvalue weighted by atomic mass is 9.91. The number of nitrogens with two attached hydrogens (primary N) is 1. The summed E-state index contributed by atoms with van der Waals surface area (Å²) in [6.07, 6.45) is 4.33. The fraction of sp³-hybridized carbons (Fsp3) is 0.381. The highest BCUT2D eigenvalue weighted by molar-refractivity contribution is 5.93. The summed E-state index contributed by atoms with van der Waals surface area (Å²) in [5.74, 6) is -0.345. The summed E-state index contributed by atoms with van der Waals surface area (Å²) in [6, 6.07) is 16.9. The molecule has 1 aliphatic heterocycles. The molecule has 0 spiro atoms. The minimum atomic E-state index is -0.345. The Labute approximate surface area is 144 Å². The fourth-order valence-corrected chi connectivity index (χ4v) is 3.74. The van der Waals surface area contributed by atoms with E-state index in [-0.39, 0.29) is 5.91 Å². The number of carbonyl (C=O) groups excluding carboxylic acids is 1. The van der Waals surface area contributed by atoms with Crippen molar-refractivity contribution in [3.8, 4) is 0 Å². The number of primary amides is 1. The van der Waals surface area contributed by atoms with Crippen LogP contribution in [0.15, 0.2) is 48.5 Å². The molecule has 0 saturated carbocycles. The van der Waals surface area contributed by atoms with E-state index in [4.69, 9.17) is 5.73 Å². The molecule has 1 heterocycles. The smallest absolute Gasteiger partial charge is 0.248 e. The van der Waals surface area contributed by atoms with Crippen molar-refractivity contribution in [1.82, 2.24) is 4.90 Å². The van der Waals surface area contributed by atoms with E-state index in [1.165, 1.54) is 16.7 Å². The summed E-state index contributed by atoms with van der Waals surface area (Å²) in [5.41, 5.74) is 10.1. The van der Waals surface area contributed by atoms with Gasteiger partial charge in [0.25, 0.3) is 0 Å².